The molecular formula is C20H16FN3O2. The third kappa shape index (κ3) is 4.05. The Hall–Kier alpha value is -3.67. The van der Waals surface area contributed by atoms with Gasteiger partial charge in [-0.3, -0.25) is 20.4 Å². The van der Waals surface area contributed by atoms with Gasteiger partial charge in [-0.2, -0.15) is 0 Å². The van der Waals surface area contributed by atoms with Gasteiger partial charge in [0.05, 0.1) is 16.8 Å². The van der Waals surface area contributed by atoms with Gasteiger partial charge in [-0.1, -0.05) is 42.5 Å². The van der Waals surface area contributed by atoms with E-state index in [-0.39, 0.29) is 5.56 Å². The maximum Gasteiger partial charge on any atom is 0.272 e. The van der Waals surface area contributed by atoms with Crippen molar-refractivity contribution in [2.45, 2.75) is 0 Å². The maximum atomic E-state index is 13.6. The van der Waals surface area contributed by atoms with Gasteiger partial charge in [0, 0.05) is 5.69 Å². The molecule has 2 amide bonds. The average Bonchev–Trinajstić information content (AvgIpc) is 2.67. The third-order valence-corrected chi connectivity index (χ3v) is 3.63. The molecule has 0 radical (unpaired) electrons. The largest absolute Gasteiger partial charge is 0.355 e. The monoisotopic (exact) mass is 349 g/mol. The summed E-state index contributed by atoms with van der Waals surface area (Å²) in [7, 11) is 0. The molecule has 130 valence electrons. The first-order valence-corrected chi connectivity index (χ1v) is 7.91. The highest BCUT2D eigenvalue weighted by Gasteiger charge is 2.14. The molecule has 3 N–H and O–H groups in total. The minimum Gasteiger partial charge on any atom is -0.355 e. The Morgan fingerprint density at radius 2 is 1.19 bits per heavy atom. The topological polar surface area (TPSA) is 70.2 Å². The normalized spacial score (nSPS) is 10.0. The van der Waals surface area contributed by atoms with E-state index in [0.29, 0.717) is 11.3 Å². The Morgan fingerprint density at radius 1 is 0.654 bits per heavy atom. The first-order valence-electron chi connectivity index (χ1n) is 7.91. The zero-order chi connectivity index (χ0) is 18.4. The highest BCUT2D eigenvalue weighted by molar-refractivity contribution is 6.02. The molecule has 5 nitrogen and oxygen atoms in total. The lowest BCUT2D eigenvalue weighted by atomic mass is 10.1. The van der Waals surface area contributed by atoms with E-state index >= 15 is 0 Å². The van der Waals surface area contributed by atoms with Crippen molar-refractivity contribution in [3.63, 3.8) is 0 Å². The number of carbonyl (C=O) groups excluding carboxylic acids is 2. The van der Waals surface area contributed by atoms with Gasteiger partial charge >= 0.3 is 0 Å². The van der Waals surface area contributed by atoms with E-state index in [1.807, 2.05) is 30.3 Å². The molecule has 0 aliphatic rings. The van der Waals surface area contributed by atoms with Crippen LogP contribution in [0, 0.1) is 5.82 Å². The number of benzene rings is 3. The Bertz CT molecular complexity index is 929. The van der Waals surface area contributed by atoms with Gasteiger partial charge in [0.25, 0.3) is 11.8 Å². The van der Waals surface area contributed by atoms with Crippen molar-refractivity contribution in [3.8, 4) is 0 Å². The molecule has 0 fully saturated rings. The zero-order valence-electron chi connectivity index (χ0n) is 13.7. The van der Waals surface area contributed by atoms with E-state index in [1.54, 1.807) is 30.3 Å². The fraction of sp³-hybridized carbons (Fsp3) is 0. The van der Waals surface area contributed by atoms with E-state index in [1.165, 1.54) is 18.2 Å². The van der Waals surface area contributed by atoms with E-state index in [9.17, 15) is 14.0 Å². The lowest BCUT2D eigenvalue weighted by Crippen LogP contribution is -2.42. The molecule has 0 aromatic heterocycles. The second-order valence-electron chi connectivity index (χ2n) is 5.42. The molecule has 26 heavy (non-hydrogen) atoms. The van der Waals surface area contributed by atoms with Crippen LogP contribution in [0.3, 0.4) is 0 Å². The van der Waals surface area contributed by atoms with Crippen LogP contribution in [-0.4, -0.2) is 11.8 Å². The smallest absolute Gasteiger partial charge is 0.272 e. The van der Waals surface area contributed by atoms with Gasteiger partial charge in [0.1, 0.15) is 5.82 Å². The second-order valence-corrected chi connectivity index (χ2v) is 5.42. The average molecular weight is 349 g/mol. The molecule has 0 spiro atoms. The molecule has 0 unspecified atom stereocenters. The SMILES string of the molecule is O=C(NNC(=O)c1ccccc1Nc1ccccc1)c1ccccc1F. The molecule has 0 atom stereocenters. The number of hydrogen-bond donors (Lipinski definition) is 3. The van der Waals surface area contributed by atoms with Gasteiger partial charge < -0.3 is 5.32 Å². The van der Waals surface area contributed by atoms with E-state index in [0.717, 1.165) is 5.69 Å². The molecule has 3 rings (SSSR count). The summed E-state index contributed by atoms with van der Waals surface area (Å²) in [5, 5.41) is 3.15. The predicted octanol–water partition coefficient (Wildman–Crippen LogP) is 3.64. The van der Waals surface area contributed by atoms with E-state index in [4.69, 9.17) is 0 Å². The predicted molar refractivity (Wildman–Crippen MR) is 97.5 cm³/mol. The highest BCUT2D eigenvalue weighted by Crippen LogP contribution is 2.20. The van der Waals surface area contributed by atoms with Crippen molar-refractivity contribution in [2.75, 3.05) is 5.32 Å². The minimum absolute atomic E-state index is 0.150. The van der Waals surface area contributed by atoms with Crippen molar-refractivity contribution in [3.05, 3.63) is 95.8 Å². The van der Waals surface area contributed by atoms with Crippen LogP contribution in [0.4, 0.5) is 15.8 Å². The summed E-state index contributed by atoms with van der Waals surface area (Å²) in [5.74, 6) is -1.91. The summed E-state index contributed by atoms with van der Waals surface area (Å²) in [6, 6.07) is 21.8. The highest BCUT2D eigenvalue weighted by atomic mass is 19.1. The number of rotatable bonds is 4. The van der Waals surface area contributed by atoms with Crippen LogP contribution in [0.1, 0.15) is 20.7 Å². The lowest BCUT2D eigenvalue weighted by Gasteiger charge is -2.13. The number of anilines is 2. The number of halogens is 1. The van der Waals surface area contributed by atoms with Crippen molar-refractivity contribution >= 4 is 23.2 Å². The van der Waals surface area contributed by atoms with Crippen LogP contribution >= 0.6 is 0 Å². The van der Waals surface area contributed by atoms with Gasteiger partial charge in [0.2, 0.25) is 0 Å². The molecule has 0 bridgehead atoms. The standard InChI is InChI=1S/C20H16FN3O2/c21-17-12-6-4-10-15(17)19(25)23-24-20(26)16-11-5-7-13-18(16)22-14-8-2-1-3-9-14/h1-13,22H,(H,23,25)(H,24,26). The lowest BCUT2D eigenvalue weighted by molar-refractivity contribution is 0.0844. The molecule has 0 saturated heterocycles. The Morgan fingerprint density at radius 3 is 1.88 bits per heavy atom. The van der Waals surface area contributed by atoms with Crippen LogP contribution in [0.2, 0.25) is 0 Å². The van der Waals surface area contributed by atoms with Gasteiger partial charge in [-0.05, 0) is 36.4 Å². The van der Waals surface area contributed by atoms with Gasteiger partial charge in [-0.25, -0.2) is 4.39 Å². The maximum absolute atomic E-state index is 13.6. The summed E-state index contributed by atoms with van der Waals surface area (Å²) in [5.41, 5.74) is 6.12. The zero-order valence-corrected chi connectivity index (χ0v) is 13.7. The summed E-state index contributed by atoms with van der Waals surface area (Å²) in [6.45, 7) is 0. The number of nitrogens with one attached hydrogen (secondary N) is 3. The number of para-hydroxylation sites is 2. The van der Waals surface area contributed by atoms with Crippen LogP contribution in [0.25, 0.3) is 0 Å². The number of carbonyl (C=O) groups is 2. The molecule has 0 aliphatic heterocycles. The van der Waals surface area contributed by atoms with Crippen molar-refractivity contribution in [2.24, 2.45) is 0 Å². The Kier molecular flexibility index (Phi) is 5.24. The summed E-state index contributed by atoms with van der Waals surface area (Å²) < 4.78 is 13.6. The van der Waals surface area contributed by atoms with Crippen molar-refractivity contribution < 1.29 is 14.0 Å². The first-order chi connectivity index (χ1) is 12.6. The number of hydrazine groups is 1. The number of amides is 2. The van der Waals surface area contributed by atoms with Crippen LogP contribution < -0.4 is 16.2 Å². The van der Waals surface area contributed by atoms with E-state index < -0.39 is 17.6 Å². The Balaban J connectivity index is 1.70. The number of hydrogen-bond acceptors (Lipinski definition) is 3. The molecule has 6 heteroatoms. The van der Waals surface area contributed by atoms with E-state index in [2.05, 4.69) is 16.2 Å². The Labute approximate surface area is 149 Å². The molecule has 3 aromatic rings. The van der Waals surface area contributed by atoms with Crippen LogP contribution in [0.5, 0.6) is 0 Å². The minimum atomic E-state index is -0.732. The summed E-state index contributed by atoms with van der Waals surface area (Å²) in [4.78, 5) is 24.4. The fourth-order valence-corrected chi connectivity index (χ4v) is 2.36. The van der Waals surface area contributed by atoms with Crippen LogP contribution in [-0.2, 0) is 0 Å². The van der Waals surface area contributed by atoms with Crippen molar-refractivity contribution in [1.82, 2.24) is 10.9 Å². The van der Waals surface area contributed by atoms with Crippen LogP contribution in [0.15, 0.2) is 78.9 Å². The van der Waals surface area contributed by atoms with Crippen molar-refractivity contribution in [1.29, 1.82) is 0 Å². The molecule has 0 saturated carbocycles. The molecule has 0 aliphatic carbocycles. The summed E-state index contributed by atoms with van der Waals surface area (Å²) >= 11 is 0. The third-order valence-electron chi connectivity index (χ3n) is 3.63. The van der Waals surface area contributed by atoms with Gasteiger partial charge in [-0.15, -0.1) is 0 Å². The quantitative estimate of drug-likeness (QED) is 0.630. The second kappa shape index (κ2) is 7.94. The molecule has 0 heterocycles. The molecular weight excluding hydrogens is 333 g/mol. The van der Waals surface area contributed by atoms with Gasteiger partial charge in [0.15, 0.2) is 0 Å². The fourth-order valence-electron chi connectivity index (χ4n) is 2.36. The summed E-state index contributed by atoms with van der Waals surface area (Å²) in [6.07, 6.45) is 0. The molecule has 3 aromatic carbocycles. The first kappa shape index (κ1) is 17.2.